The number of rotatable bonds is 2. The van der Waals surface area contributed by atoms with Gasteiger partial charge in [-0.25, -0.2) is 0 Å². The van der Waals surface area contributed by atoms with Crippen LogP contribution in [0, 0.1) is 13.8 Å². The SMILES string of the molecule is Cc1ccsc1C(O)c1cccc(Cl)c1C. The van der Waals surface area contributed by atoms with Crippen molar-refractivity contribution < 1.29 is 5.11 Å². The zero-order valence-corrected chi connectivity index (χ0v) is 10.8. The van der Waals surface area contributed by atoms with Gasteiger partial charge in [-0.1, -0.05) is 23.7 Å². The highest BCUT2D eigenvalue weighted by Gasteiger charge is 2.16. The molecule has 0 spiro atoms. The van der Waals surface area contributed by atoms with Gasteiger partial charge < -0.3 is 5.11 Å². The van der Waals surface area contributed by atoms with Crippen molar-refractivity contribution >= 4 is 22.9 Å². The van der Waals surface area contributed by atoms with Crippen LogP contribution in [0.4, 0.5) is 0 Å². The lowest BCUT2D eigenvalue weighted by Gasteiger charge is -2.14. The van der Waals surface area contributed by atoms with Crippen molar-refractivity contribution in [2.45, 2.75) is 20.0 Å². The first-order valence-electron chi connectivity index (χ1n) is 5.08. The van der Waals surface area contributed by atoms with Gasteiger partial charge in [0.1, 0.15) is 6.10 Å². The maximum atomic E-state index is 10.3. The molecule has 2 rings (SSSR count). The number of thiophene rings is 1. The molecule has 1 unspecified atom stereocenters. The molecule has 0 amide bonds. The first-order valence-corrected chi connectivity index (χ1v) is 6.34. The number of aryl methyl sites for hydroxylation is 1. The molecule has 0 aliphatic rings. The van der Waals surface area contributed by atoms with E-state index < -0.39 is 6.10 Å². The topological polar surface area (TPSA) is 20.2 Å². The lowest BCUT2D eigenvalue weighted by atomic mass is 10.0. The van der Waals surface area contributed by atoms with E-state index >= 15 is 0 Å². The Morgan fingerprint density at radius 2 is 2.00 bits per heavy atom. The Kier molecular flexibility index (Phi) is 3.33. The van der Waals surface area contributed by atoms with Gasteiger partial charge in [-0.2, -0.15) is 0 Å². The Bertz CT molecular complexity index is 504. The Hall–Kier alpha value is -0.830. The molecule has 1 aromatic heterocycles. The second kappa shape index (κ2) is 4.58. The molecule has 0 bridgehead atoms. The van der Waals surface area contributed by atoms with Gasteiger partial charge >= 0.3 is 0 Å². The summed E-state index contributed by atoms with van der Waals surface area (Å²) in [4.78, 5) is 0.991. The zero-order chi connectivity index (χ0) is 11.7. The Morgan fingerprint density at radius 3 is 2.62 bits per heavy atom. The van der Waals surface area contributed by atoms with E-state index in [-0.39, 0.29) is 0 Å². The van der Waals surface area contributed by atoms with Crippen LogP contribution < -0.4 is 0 Å². The maximum absolute atomic E-state index is 10.3. The predicted molar refractivity (Wildman–Crippen MR) is 69.3 cm³/mol. The molecule has 0 aliphatic heterocycles. The highest BCUT2D eigenvalue weighted by molar-refractivity contribution is 7.10. The summed E-state index contributed by atoms with van der Waals surface area (Å²) in [6, 6.07) is 7.65. The summed E-state index contributed by atoms with van der Waals surface area (Å²) in [5.41, 5.74) is 2.96. The molecule has 0 saturated heterocycles. The average molecular weight is 253 g/mol. The van der Waals surface area contributed by atoms with Crippen molar-refractivity contribution in [1.82, 2.24) is 0 Å². The summed E-state index contributed by atoms with van der Waals surface area (Å²) in [6.07, 6.45) is -0.571. The van der Waals surface area contributed by atoms with E-state index in [1.165, 1.54) is 0 Å². The summed E-state index contributed by atoms with van der Waals surface area (Å²) in [7, 11) is 0. The summed E-state index contributed by atoms with van der Waals surface area (Å²) < 4.78 is 0. The molecule has 0 fully saturated rings. The summed E-state index contributed by atoms with van der Waals surface area (Å²) >= 11 is 7.63. The van der Waals surface area contributed by atoms with Crippen LogP contribution in [-0.2, 0) is 0 Å². The zero-order valence-electron chi connectivity index (χ0n) is 9.20. The molecule has 1 heterocycles. The van der Waals surface area contributed by atoms with Crippen molar-refractivity contribution in [1.29, 1.82) is 0 Å². The van der Waals surface area contributed by atoms with Gasteiger partial charge in [0.05, 0.1) is 0 Å². The van der Waals surface area contributed by atoms with E-state index in [2.05, 4.69) is 0 Å². The minimum Gasteiger partial charge on any atom is -0.383 e. The molecule has 84 valence electrons. The van der Waals surface area contributed by atoms with Crippen LogP contribution >= 0.6 is 22.9 Å². The standard InChI is InChI=1S/C13H13ClOS/c1-8-6-7-16-13(8)12(15)10-4-3-5-11(14)9(10)2/h3-7,12,15H,1-2H3. The molecular weight excluding hydrogens is 240 g/mol. The van der Waals surface area contributed by atoms with Crippen molar-refractivity contribution in [3.05, 3.63) is 56.2 Å². The molecule has 1 N–H and O–H groups in total. The van der Waals surface area contributed by atoms with Crippen molar-refractivity contribution in [2.75, 3.05) is 0 Å². The quantitative estimate of drug-likeness (QED) is 0.853. The second-order valence-corrected chi connectivity index (χ2v) is 5.18. The number of aliphatic hydroxyl groups is 1. The minimum atomic E-state index is -0.571. The fourth-order valence-electron chi connectivity index (χ4n) is 1.73. The van der Waals surface area contributed by atoms with E-state index in [1.54, 1.807) is 11.3 Å². The van der Waals surface area contributed by atoms with Crippen LogP contribution in [0.5, 0.6) is 0 Å². The Morgan fingerprint density at radius 1 is 1.25 bits per heavy atom. The number of hydrogen-bond donors (Lipinski definition) is 1. The number of aliphatic hydroxyl groups excluding tert-OH is 1. The van der Waals surface area contributed by atoms with Crippen LogP contribution in [-0.4, -0.2) is 5.11 Å². The average Bonchev–Trinajstić information content (AvgIpc) is 2.68. The molecule has 0 aliphatic carbocycles. The third kappa shape index (κ3) is 2.01. The van der Waals surface area contributed by atoms with Crippen molar-refractivity contribution in [2.24, 2.45) is 0 Å². The Balaban J connectivity index is 2.46. The largest absolute Gasteiger partial charge is 0.383 e. The van der Waals surface area contributed by atoms with Gasteiger partial charge in [0, 0.05) is 9.90 Å². The molecule has 0 saturated carbocycles. The Labute approximate surface area is 104 Å². The monoisotopic (exact) mass is 252 g/mol. The molecule has 3 heteroatoms. The number of hydrogen-bond acceptors (Lipinski definition) is 2. The number of benzene rings is 1. The first-order chi connectivity index (χ1) is 7.61. The fraction of sp³-hybridized carbons (Fsp3) is 0.231. The normalized spacial score (nSPS) is 12.8. The van der Waals surface area contributed by atoms with E-state index in [0.717, 1.165) is 21.6 Å². The molecule has 1 atom stereocenters. The summed E-state index contributed by atoms with van der Waals surface area (Å²) in [6.45, 7) is 3.94. The summed E-state index contributed by atoms with van der Waals surface area (Å²) in [5, 5.41) is 13.0. The van der Waals surface area contributed by atoms with Crippen molar-refractivity contribution in [3.8, 4) is 0 Å². The van der Waals surface area contributed by atoms with E-state index in [1.807, 2.05) is 43.5 Å². The summed E-state index contributed by atoms with van der Waals surface area (Å²) in [5.74, 6) is 0. The van der Waals surface area contributed by atoms with Gasteiger partial charge in [-0.05, 0) is 48.1 Å². The van der Waals surface area contributed by atoms with E-state index in [0.29, 0.717) is 5.02 Å². The number of halogens is 1. The highest BCUT2D eigenvalue weighted by Crippen LogP contribution is 2.32. The van der Waals surface area contributed by atoms with Gasteiger partial charge in [0.15, 0.2) is 0 Å². The molecule has 0 radical (unpaired) electrons. The van der Waals surface area contributed by atoms with Gasteiger partial charge in [0.2, 0.25) is 0 Å². The van der Waals surface area contributed by atoms with Crippen LogP contribution in [0.15, 0.2) is 29.6 Å². The van der Waals surface area contributed by atoms with E-state index in [9.17, 15) is 5.11 Å². The van der Waals surface area contributed by atoms with Gasteiger partial charge in [-0.3, -0.25) is 0 Å². The lowest BCUT2D eigenvalue weighted by molar-refractivity contribution is 0.223. The molecule has 1 nitrogen and oxygen atoms in total. The molecule has 2 aromatic rings. The molecule has 1 aromatic carbocycles. The van der Waals surface area contributed by atoms with Crippen LogP contribution in [0.25, 0.3) is 0 Å². The minimum absolute atomic E-state index is 0.571. The van der Waals surface area contributed by atoms with Gasteiger partial charge in [-0.15, -0.1) is 11.3 Å². The molecular formula is C13H13ClOS. The van der Waals surface area contributed by atoms with E-state index in [4.69, 9.17) is 11.6 Å². The van der Waals surface area contributed by atoms with Crippen LogP contribution in [0.1, 0.15) is 27.7 Å². The third-order valence-electron chi connectivity index (χ3n) is 2.75. The first kappa shape index (κ1) is 11.6. The van der Waals surface area contributed by atoms with Crippen LogP contribution in [0.2, 0.25) is 5.02 Å². The smallest absolute Gasteiger partial charge is 0.114 e. The van der Waals surface area contributed by atoms with Crippen LogP contribution in [0.3, 0.4) is 0 Å². The van der Waals surface area contributed by atoms with Gasteiger partial charge in [0.25, 0.3) is 0 Å². The highest BCUT2D eigenvalue weighted by atomic mass is 35.5. The maximum Gasteiger partial charge on any atom is 0.114 e. The predicted octanol–water partition coefficient (Wildman–Crippen LogP) is 4.10. The second-order valence-electron chi connectivity index (χ2n) is 3.82. The lowest BCUT2D eigenvalue weighted by Crippen LogP contribution is -2.01. The fourth-order valence-corrected chi connectivity index (χ4v) is 2.84. The van der Waals surface area contributed by atoms with Crippen molar-refractivity contribution in [3.63, 3.8) is 0 Å². The molecule has 16 heavy (non-hydrogen) atoms. The third-order valence-corrected chi connectivity index (χ3v) is 4.24.